The second-order valence-electron chi connectivity index (χ2n) is 14.6. The van der Waals surface area contributed by atoms with Gasteiger partial charge < -0.3 is 23.3 Å². The van der Waals surface area contributed by atoms with Gasteiger partial charge in [0, 0.05) is 59.6 Å². The number of thiazole rings is 2. The van der Waals surface area contributed by atoms with Gasteiger partial charge in [0.1, 0.15) is 23.1 Å². The Kier molecular flexibility index (Phi) is 16.8. The summed E-state index contributed by atoms with van der Waals surface area (Å²) in [5, 5.41) is 22.0. The van der Waals surface area contributed by atoms with Gasteiger partial charge in [0.15, 0.2) is 9.92 Å². The van der Waals surface area contributed by atoms with Crippen molar-refractivity contribution in [2.24, 2.45) is 0 Å². The summed E-state index contributed by atoms with van der Waals surface area (Å²) in [6.07, 6.45) is -3.60. The fourth-order valence-corrected chi connectivity index (χ4v) is 7.78. The minimum absolute atomic E-state index is 0. The smallest absolute Gasteiger partial charge is 0.406 e. The van der Waals surface area contributed by atoms with E-state index in [9.17, 15) is 35.9 Å². The highest BCUT2D eigenvalue weighted by Crippen LogP contribution is 2.28. The molecular weight excluding hydrogens is 1040 g/mol. The van der Waals surface area contributed by atoms with E-state index in [0.29, 0.717) is 44.1 Å². The van der Waals surface area contributed by atoms with Crippen molar-refractivity contribution in [1.29, 1.82) is 0 Å². The summed E-state index contributed by atoms with van der Waals surface area (Å²) in [5.41, 5.74) is 1.78. The van der Waals surface area contributed by atoms with Crippen LogP contribution >= 0.6 is 34.3 Å². The number of aryl methyl sites for hydroxylation is 2. The minimum atomic E-state index is -4.78. The summed E-state index contributed by atoms with van der Waals surface area (Å²) < 4.78 is 100. The quantitative estimate of drug-likeness (QED) is 0.105. The molecule has 1 saturated heterocycles. The molecule has 382 valence electrons. The van der Waals surface area contributed by atoms with Gasteiger partial charge in [0.2, 0.25) is 23.3 Å². The maximum atomic E-state index is 12.3. The number of benzene rings is 2. The van der Waals surface area contributed by atoms with Gasteiger partial charge in [-0.25, -0.2) is 24.6 Å². The van der Waals surface area contributed by atoms with Crippen LogP contribution in [0.1, 0.15) is 43.3 Å². The number of nitrogens with one attached hydrogen (secondary N) is 1. The number of ether oxygens (including phenoxy) is 3. The number of hydrogen-bond donors (Lipinski definition) is 1. The van der Waals surface area contributed by atoms with Crippen LogP contribution in [-0.4, -0.2) is 94.9 Å². The van der Waals surface area contributed by atoms with Crippen LogP contribution in [0.2, 0.25) is 0 Å². The lowest BCUT2D eigenvalue weighted by molar-refractivity contribution is -0.275. The Morgan fingerprint density at radius 3 is 1.62 bits per heavy atom. The Bertz CT molecular complexity index is 3500. The molecule has 0 saturated carbocycles. The number of alkyl halides is 7. The molecule has 1 fully saturated rings. The Morgan fingerprint density at radius 2 is 1.16 bits per heavy atom. The first-order valence-corrected chi connectivity index (χ1v) is 23.0. The molecule has 0 bridgehead atoms. The van der Waals surface area contributed by atoms with Crippen molar-refractivity contribution in [2.45, 2.75) is 59.3 Å². The second-order valence-corrected chi connectivity index (χ2v) is 16.6. The first-order valence-electron chi connectivity index (χ1n) is 20.7. The topological polar surface area (TPSA) is 247 Å². The standard InChI is InChI=1S/C19H12F3N7O3S.C12H8F3N5O2.C7H5ClN2OS.C4H8O.CH4/c1-10-23-16(26-29(10)9-12-8-14(30)28-6-7-33-18(28)24-12)17-25-15(27-32-17)11-2-4-13(5-3-11)31-19(20,21)22;1-6-16-10(19-18-6)11-17-9(20-22-11)7-2-4-8(5-3-7)21-12(13,14)15;8-4-5-3-6(11)10-1-2-12-7(10)9-5;1-2-4-5-3-1;/h2-8H,9H2,1H3;2-5H,1H3,(H,16,18,19);1-3H,4H2;1-4H2;1H4. The molecule has 11 rings (SSSR count). The maximum absolute atomic E-state index is 12.3. The van der Waals surface area contributed by atoms with Crippen LogP contribution in [0.5, 0.6) is 11.5 Å². The lowest BCUT2D eigenvalue weighted by atomic mass is 10.2. The predicted molar refractivity (Wildman–Crippen MR) is 251 cm³/mol. The van der Waals surface area contributed by atoms with Gasteiger partial charge in [0.25, 0.3) is 22.9 Å². The molecule has 1 aliphatic heterocycles. The average Bonchev–Trinajstić information content (AvgIpc) is 4.19. The summed E-state index contributed by atoms with van der Waals surface area (Å²) in [4.78, 5) is 50.0. The molecule has 0 atom stereocenters. The van der Waals surface area contributed by atoms with Crippen molar-refractivity contribution in [3.63, 3.8) is 0 Å². The number of hydrogen-bond acceptors (Lipinski definition) is 19. The van der Waals surface area contributed by atoms with E-state index in [2.05, 4.69) is 65.0 Å². The van der Waals surface area contributed by atoms with Gasteiger partial charge >= 0.3 is 12.7 Å². The molecule has 9 heterocycles. The third-order valence-electron chi connectivity index (χ3n) is 9.37. The fraction of sp³-hybridized carbons (Fsp3) is 0.256. The van der Waals surface area contributed by atoms with Crippen LogP contribution in [0.3, 0.4) is 0 Å². The zero-order chi connectivity index (χ0) is 51.0. The van der Waals surface area contributed by atoms with Crippen molar-refractivity contribution < 1.29 is 49.6 Å². The summed E-state index contributed by atoms with van der Waals surface area (Å²) in [7, 11) is 0. The van der Waals surface area contributed by atoms with Gasteiger partial charge in [-0.1, -0.05) is 17.7 Å². The number of nitrogens with zero attached hydrogens (tertiary/aromatic N) is 13. The molecular formula is C43H37ClF6N14O7S2. The zero-order valence-corrected chi connectivity index (χ0v) is 39.3. The van der Waals surface area contributed by atoms with Gasteiger partial charge in [-0.15, -0.1) is 70.8 Å². The molecule has 30 heteroatoms. The second kappa shape index (κ2) is 23.1. The molecule has 1 N–H and O–H groups in total. The first kappa shape index (κ1) is 52.9. The van der Waals surface area contributed by atoms with Crippen LogP contribution in [-0.2, 0) is 17.2 Å². The summed E-state index contributed by atoms with van der Waals surface area (Å²) in [6, 6.07) is 13.0. The highest BCUT2D eigenvalue weighted by molar-refractivity contribution is 7.15. The Hall–Kier alpha value is -7.89. The molecule has 10 aromatic rings. The number of aromatic amines is 1. The van der Waals surface area contributed by atoms with E-state index in [1.54, 1.807) is 36.3 Å². The van der Waals surface area contributed by atoms with Crippen LogP contribution < -0.4 is 20.6 Å². The number of H-pyrrole nitrogens is 1. The van der Waals surface area contributed by atoms with E-state index >= 15 is 0 Å². The van der Waals surface area contributed by atoms with Crippen LogP contribution in [0.4, 0.5) is 26.3 Å². The Labute approximate surface area is 419 Å². The molecule has 2 aromatic carbocycles. The first-order chi connectivity index (χ1) is 34.5. The average molecular weight is 1080 g/mol. The minimum Gasteiger partial charge on any atom is -0.406 e. The van der Waals surface area contributed by atoms with E-state index in [-0.39, 0.29) is 77.5 Å². The molecule has 0 unspecified atom stereocenters. The molecule has 0 aliphatic carbocycles. The number of halogens is 7. The normalized spacial score (nSPS) is 12.3. The van der Waals surface area contributed by atoms with Crippen molar-refractivity contribution in [1.82, 2.24) is 69.0 Å². The van der Waals surface area contributed by atoms with Gasteiger partial charge in [-0.05, 0) is 75.2 Å². The van der Waals surface area contributed by atoms with Crippen LogP contribution in [0.25, 0.3) is 56.1 Å². The zero-order valence-electron chi connectivity index (χ0n) is 37.0. The number of aromatic nitrogens is 14. The summed E-state index contributed by atoms with van der Waals surface area (Å²) in [5.74, 6) is 1.61. The summed E-state index contributed by atoms with van der Waals surface area (Å²) in [6.45, 7) is 5.65. The largest absolute Gasteiger partial charge is 0.573 e. The SMILES string of the molecule is C.C1CCOC1.Cc1nc(-c2nc(-c3ccc(OC(F)(F)F)cc3)no2)n[nH]1.Cc1nc(-c2nc(-c3ccc(OC(F)(F)F)cc3)no2)nn1Cc1cc(=O)n2ccsc2n1.O=c1cc(CCl)nc2sccn12. The van der Waals surface area contributed by atoms with Gasteiger partial charge in [-0.2, -0.15) is 9.97 Å². The van der Waals surface area contributed by atoms with E-state index in [1.807, 2.05) is 5.38 Å². The van der Waals surface area contributed by atoms with Crippen molar-refractivity contribution in [3.8, 4) is 57.7 Å². The number of rotatable bonds is 9. The van der Waals surface area contributed by atoms with E-state index in [1.165, 1.54) is 80.7 Å². The van der Waals surface area contributed by atoms with Crippen LogP contribution in [0, 0.1) is 13.8 Å². The Balaban J connectivity index is 0.000000166. The lowest BCUT2D eigenvalue weighted by Crippen LogP contribution is -2.16. The van der Waals surface area contributed by atoms with E-state index in [0.717, 1.165) is 37.5 Å². The molecule has 0 amide bonds. The van der Waals surface area contributed by atoms with E-state index < -0.39 is 12.7 Å². The monoisotopic (exact) mass is 1070 g/mol. The third-order valence-corrected chi connectivity index (χ3v) is 11.2. The van der Waals surface area contributed by atoms with E-state index in [4.69, 9.17) is 25.4 Å². The molecule has 0 radical (unpaired) electrons. The third kappa shape index (κ3) is 14.2. The predicted octanol–water partition coefficient (Wildman–Crippen LogP) is 8.98. The number of fused-ring (bicyclic) bond motifs is 2. The lowest BCUT2D eigenvalue weighted by Gasteiger charge is -2.08. The maximum Gasteiger partial charge on any atom is 0.573 e. The highest BCUT2D eigenvalue weighted by Gasteiger charge is 2.32. The molecule has 21 nitrogen and oxygen atoms in total. The van der Waals surface area contributed by atoms with Crippen molar-refractivity contribution in [2.75, 3.05) is 13.2 Å². The van der Waals surface area contributed by atoms with Gasteiger partial charge in [0.05, 0.1) is 23.8 Å². The fourth-order valence-electron chi connectivity index (χ4n) is 6.16. The Morgan fingerprint density at radius 1 is 0.671 bits per heavy atom. The van der Waals surface area contributed by atoms with Gasteiger partial charge in [-0.3, -0.25) is 23.5 Å². The summed E-state index contributed by atoms with van der Waals surface area (Å²) >= 11 is 8.33. The molecule has 0 spiro atoms. The molecule has 8 aromatic heterocycles. The van der Waals surface area contributed by atoms with Crippen LogP contribution in [0.15, 0.2) is 102 Å². The van der Waals surface area contributed by atoms with Crippen molar-refractivity contribution in [3.05, 3.63) is 128 Å². The van der Waals surface area contributed by atoms with Crippen molar-refractivity contribution >= 4 is 44.2 Å². The highest BCUT2D eigenvalue weighted by atomic mass is 35.5. The molecule has 73 heavy (non-hydrogen) atoms. The molecule has 1 aliphatic rings.